The highest BCUT2D eigenvalue weighted by molar-refractivity contribution is 6.33. The Bertz CT molecular complexity index is 500. The summed E-state index contributed by atoms with van der Waals surface area (Å²) < 4.78 is 0. The van der Waals surface area contributed by atoms with Crippen molar-refractivity contribution in [3.63, 3.8) is 0 Å². The van der Waals surface area contributed by atoms with Crippen molar-refractivity contribution in [2.45, 2.75) is 27.2 Å². The van der Waals surface area contributed by atoms with Crippen molar-refractivity contribution < 1.29 is 4.92 Å². The van der Waals surface area contributed by atoms with Crippen LogP contribution in [-0.2, 0) is 0 Å². The monoisotopic (exact) mass is 268 g/mol. The van der Waals surface area contributed by atoms with Gasteiger partial charge in [0.1, 0.15) is 5.02 Å². The maximum absolute atomic E-state index is 10.7. The van der Waals surface area contributed by atoms with Gasteiger partial charge in [-0.25, -0.2) is 0 Å². The van der Waals surface area contributed by atoms with Gasteiger partial charge in [0.2, 0.25) is 0 Å². The predicted molar refractivity (Wildman–Crippen MR) is 73.2 cm³/mol. The van der Waals surface area contributed by atoms with Crippen molar-refractivity contribution in [2.75, 3.05) is 11.9 Å². The Hall–Kier alpha value is -1.29. The number of anilines is 1. The van der Waals surface area contributed by atoms with Gasteiger partial charge in [-0.05, 0) is 36.3 Å². The van der Waals surface area contributed by atoms with Gasteiger partial charge >= 0.3 is 0 Å². The molecule has 0 saturated heterocycles. The normalized spacial score (nSPS) is 20.6. The number of halogens is 1. The van der Waals surface area contributed by atoms with E-state index in [0.29, 0.717) is 11.3 Å². The highest BCUT2D eigenvalue weighted by Crippen LogP contribution is 2.51. The highest BCUT2D eigenvalue weighted by atomic mass is 35.5. The third-order valence-corrected chi connectivity index (χ3v) is 4.05. The summed E-state index contributed by atoms with van der Waals surface area (Å²) in [6.07, 6.45) is 1.22. The van der Waals surface area contributed by atoms with E-state index in [2.05, 4.69) is 19.2 Å². The lowest BCUT2D eigenvalue weighted by molar-refractivity contribution is -0.384. The molecule has 1 aromatic carbocycles. The Morgan fingerprint density at radius 1 is 1.56 bits per heavy atom. The van der Waals surface area contributed by atoms with Crippen LogP contribution < -0.4 is 5.32 Å². The van der Waals surface area contributed by atoms with Gasteiger partial charge < -0.3 is 5.32 Å². The topological polar surface area (TPSA) is 55.2 Å². The minimum Gasteiger partial charge on any atom is -0.384 e. The molecule has 1 N–H and O–H groups in total. The smallest absolute Gasteiger partial charge is 0.288 e. The number of rotatable bonds is 4. The third-order valence-electron chi connectivity index (χ3n) is 3.75. The van der Waals surface area contributed by atoms with Crippen LogP contribution in [0.1, 0.15) is 25.8 Å². The average Bonchev–Trinajstić information content (AvgIpc) is 2.87. The van der Waals surface area contributed by atoms with Crippen LogP contribution in [0.3, 0.4) is 0 Å². The molecule has 4 nitrogen and oxygen atoms in total. The fourth-order valence-electron chi connectivity index (χ4n) is 2.15. The van der Waals surface area contributed by atoms with Gasteiger partial charge in [-0.15, -0.1) is 0 Å². The molecule has 18 heavy (non-hydrogen) atoms. The molecule has 0 amide bonds. The molecular weight excluding hydrogens is 252 g/mol. The van der Waals surface area contributed by atoms with Gasteiger partial charge in [0.25, 0.3) is 5.69 Å². The molecule has 5 heteroatoms. The summed E-state index contributed by atoms with van der Waals surface area (Å²) in [5.41, 5.74) is 2.12. The second-order valence-corrected chi connectivity index (χ2v) is 6.05. The van der Waals surface area contributed by atoms with Gasteiger partial charge in [0.15, 0.2) is 0 Å². The third kappa shape index (κ3) is 2.58. The summed E-state index contributed by atoms with van der Waals surface area (Å²) in [6, 6.07) is 3.16. The lowest BCUT2D eigenvalue weighted by Crippen LogP contribution is -2.08. The van der Waals surface area contributed by atoms with Crippen LogP contribution in [0.2, 0.25) is 5.02 Å². The van der Waals surface area contributed by atoms with E-state index in [0.717, 1.165) is 17.8 Å². The molecule has 2 rings (SSSR count). The number of nitrogens with one attached hydrogen (secondary N) is 1. The van der Waals surface area contributed by atoms with Gasteiger partial charge in [0, 0.05) is 18.3 Å². The summed E-state index contributed by atoms with van der Waals surface area (Å²) in [4.78, 5) is 10.3. The lowest BCUT2D eigenvalue weighted by atomic mass is 10.1. The maximum atomic E-state index is 10.7. The molecule has 1 aliphatic carbocycles. The minimum atomic E-state index is -0.455. The highest BCUT2D eigenvalue weighted by Gasteiger charge is 2.44. The largest absolute Gasteiger partial charge is 0.384 e. The van der Waals surface area contributed by atoms with Crippen molar-refractivity contribution >= 4 is 23.0 Å². The van der Waals surface area contributed by atoms with Gasteiger partial charge in [-0.3, -0.25) is 10.1 Å². The van der Waals surface area contributed by atoms with Crippen LogP contribution in [0.15, 0.2) is 12.1 Å². The maximum Gasteiger partial charge on any atom is 0.288 e. The molecule has 1 saturated carbocycles. The molecular formula is C13H17ClN2O2. The van der Waals surface area contributed by atoms with Crippen LogP contribution in [0, 0.1) is 28.4 Å². The van der Waals surface area contributed by atoms with Crippen molar-refractivity contribution in [3.05, 3.63) is 32.8 Å². The number of aryl methyl sites for hydroxylation is 1. The quantitative estimate of drug-likeness (QED) is 0.663. The fourth-order valence-corrected chi connectivity index (χ4v) is 2.39. The van der Waals surface area contributed by atoms with Crippen molar-refractivity contribution in [1.29, 1.82) is 0 Å². The van der Waals surface area contributed by atoms with Crippen LogP contribution in [0.5, 0.6) is 0 Å². The van der Waals surface area contributed by atoms with Crippen LogP contribution in [-0.4, -0.2) is 11.5 Å². The minimum absolute atomic E-state index is 0.0357. The Balaban J connectivity index is 2.10. The standard InChI is InChI=1S/C13H17ClN2O2/c1-8-4-12(16(17)18)10(14)5-11(8)15-7-9-6-13(9,2)3/h4-5,9,15H,6-7H2,1-3H3. The second-order valence-electron chi connectivity index (χ2n) is 5.65. The zero-order chi connectivity index (χ0) is 13.5. The summed E-state index contributed by atoms with van der Waals surface area (Å²) in [5, 5.41) is 14.3. The second kappa shape index (κ2) is 4.43. The molecule has 0 aliphatic heterocycles. The first kappa shape index (κ1) is 13.1. The van der Waals surface area contributed by atoms with E-state index in [1.807, 2.05) is 6.92 Å². The Kier molecular flexibility index (Phi) is 3.23. The summed E-state index contributed by atoms with van der Waals surface area (Å²) in [5.74, 6) is 0.672. The van der Waals surface area contributed by atoms with Crippen LogP contribution in [0.25, 0.3) is 0 Å². The van der Waals surface area contributed by atoms with Crippen molar-refractivity contribution in [1.82, 2.24) is 0 Å². The Labute approximate surface area is 111 Å². The number of hydrogen-bond acceptors (Lipinski definition) is 3. The molecule has 0 bridgehead atoms. The number of nitrogens with zero attached hydrogens (tertiary/aromatic N) is 1. The average molecular weight is 269 g/mol. The first-order valence-electron chi connectivity index (χ1n) is 5.99. The zero-order valence-electron chi connectivity index (χ0n) is 10.8. The van der Waals surface area contributed by atoms with Gasteiger partial charge in [-0.2, -0.15) is 0 Å². The number of nitro groups is 1. The van der Waals surface area contributed by atoms with E-state index in [4.69, 9.17) is 11.6 Å². The molecule has 0 radical (unpaired) electrons. The van der Waals surface area contributed by atoms with Gasteiger partial charge in [-0.1, -0.05) is 25.4 Å². The number of nitro benzene ring substituents is 1. The van der Waals surface area contributed by atoms with E-state index < -0.39 is 4.92 Å². The zero-order valence-corrected chi connectivity index (χ0v) is 11.5. The Morgan fingerprint density at radius 2 is 2.17 bits per heavy atom. The summed E-state index contributed by atoms with van der Waals surface area (Å²) in [6.45, 7) is 7.23. The molecule has 1 fully saturated rings. The van der Waals surface area contributed by atoms with Gasteiger partial charge in [0.05, 0.1) is 4.92 Å². The number of hydrogen-bond donors (Lipinski definition) is 1. The first-order chi connectivity index (χ1) is 8.31. The van der Waals surface area contributed by atoms with E-state index in [1.54, 1.807) is 6.07 Å². The van der Waals surface area contributed by atoms with Crippen LogP contribution in [0.4, 0.5) is 11.4 Å². The number of benzene rings is 1. The van der Waals surface area contributed by atoms with E-state index in [-0.39, 0.29) is 10.7 Å². The molecule has 0 spiro atoms. The molecule has 1 unspecified atom stereocenters. The molecule has 98 valence electrons. The first-order valence-corrected chi connectivity index (χ1v) is 6.37. The van der Waals surface area contributed by atoms with E-state index in [9.17, 15) is 10.1 Å². The summed E-state index contributed by atoms with van der Waals surface area (Å²) in [7, 11) is 0. The van der Waals surface area contributed by atoms with E-state index in [1.165, 1.54) is 12.5 Å². The van der Waals surface area contributed by atoms with Crippen molar-refractivity contribution in [2.24, 2.45) is 11.3 Å². The fraction of sp³-hybridized carbons (Fsp3) is 0.538. The van der Waals surface area contributed by atoms with Crippen molar-refractivity contribution in [3.8, 4) is 0 Å². The Morgan fingerprint density at radius 3 is 2.67 bits per heavy atom. The molecule has 0 heterocycles. The molecule has 0 aromatic heterocycles. The molecule has 1 aliphatic rings. The van der Waals surface area contributed by atoms with E-state index >= 15 is 0 Å². The molecule has 1 aromatic rings. The summed E-state index contributed by atoms with van der Waals surface area (Å²) >= 11 is 5.90. The SMILES string of the molecule is Cc1cc([N+](=O)[O-])c(Cl)cc1NCC1CC1(C)C. The van der Waals surface area contributed by atoms with Crippen LogP contribution >= 0.6 is 11.6 Å². The molecule has 1 atom stereocenters. The lowest BCUT2D eigenvalue weighted by Gasteiger charge is -2.11. The predicted octanol–water partition coefficient (Wildman–Crippen LogP) is 4.01.